The number of likely N-dealkylation sites (tertiary alicyclic amines) is 2. The van der Waals surface area contributed by atoms with E-state index in [9.17, 15) is 4.79 Å². The van der Waals surface area contributed by atoms with E-state index in [-0.39, 0.29) is 18.3 Å². The summed E-state index contributed by atoms with van der Waals surface area (Å²) in [4.78, 5) is 17.6. The molecule has 1 atom stereocenters. The lowest BCUT2D eigenvalue weighted by atomic mass is 9.97. The average Bonchev–Trinajstić information content (AvgIpc) is 2.61. The summed E-state index contributed by atoms with van der Waals surface area (Å²) in [5.74, 6) is 0.110. The standard InChI is InChI=1S/C19H27ClN2O.ClH/c20-18-10-3-2-9-17(18)19(23)22-14-7-4-8-16(22)11-15-21-12-5-1-6-13-21;/h2-3,9-10,16H,1,4-8,11-15H2;1H. The van der Waals surface area contributed by atoms with Crippen molar-refractivity contribution in [3.8, 4) is 0 Å². The van der Waals surface area contributed by atoms with E-state index in [1.807, 2.05) is 24.3 Å². The summed E-state index contributed by atoms with van der Waals surface area (Å²) in [6, 6.07) is 7.80. The van der Waals surface area contributed by atoms with Crippen molar-refractivity contribution in [2.75, 3.05) is 26.2 Å². The maximum atomic E-state index is 12.9. The Bertz CT molecular complexity index is 532. The molecule has 0 aliphatic carbocycles. The maximum absolute atomic E-state index is 12.9. The molecule has 24 heavy (non-hydrogen) atoms. The van der Waals surface area contributed by atoms with Gasteiger partial charge in [-0.3, -0.25) is 4.79 Å². The van der Waals surface area contributed by atoms with Gasteiger partial charge in [-0.1, -0.05) is 30.2 Å². The second-order valence-corrected chi connectivity index (χ2v) is 7.23. The van der Waals surface area contributed by atoms with Crippen LogP contribution in [0.15, 0.2) is 24.3 Å². The Morgan fingerprint density at radius 2 is 1.75 bits per heavy atom. The number of hydrogen-bond acceptors (Lipinski definition) is 2. The molecule has 2 aliphatic heterocycles. The maximum Gasteiger partial charge on any atom is 0.255 e. The Hall–Kier alpha value is -0.770. The fourth-order valence-corrected chi connectivity index (χ4v) is 4.09. The fourth-order valence-electron chi connectivity index (χ4n) is 3.87. The molecule has 0 N–H and O–H groups in total. The minimum Gasteiger partial charge on any atom is -0.336 e. The Morgan fingerprint density at radius 3 is 2.50 bits per heavy atom. The third-order valence-corrected chi connectivity index (χ3v) is 5.55. The number of halogens is 2. The summed E-state index contributed by atoms with van der Waals surface area (Å²) in [6.07, 6.45) is 8.59. The highest BCUT2D eigenvalue weighted by molar-refractivity contribution is 6.33. The van der Waals surface area contributed by atoms with E-state index >= 15 is 0 Å². The first-order chi connectivity index (χ1) is 11.3. The van der Waals surface area contributed by atoms with Crippen LogP contribution in [0.5, 0.6) is 0 Å². The number of nitrogens with zero attached hydrogens (tertiary/aromatic N) is 2. The van der Waals surface area contributed by atoms with Crippen LogP contribution in [0.4, 0.5) is 0 Å². The molecule has 0 saturated carbocycles. The third kappa shape index (κ3) is 4.87. The molecule has 5 heteroatoms. The van der Waals surface area contributed by atoms with E-state index in [2.05, 4.69) is 9.80 Å². The first kappa shape index (κ1) is 19.6. The quantitative estimate of drug-likeness (QED) is 0.770. The van der Waals surface area contributed by atoms with Crippen LogP contribution < -0.4 is 0 Å². The van der Waals surface area contributed by atoms with Crippen LogP contribution in [0.3, 0.4) is 0 Å². The predicted molar refractivity (Wildman–Crippen MR) is 102 cm³/mol. The fraction of sp³-hybridized carbons (Fsp3) is 0.632. The molecule has 0 bridgehead atoms. The molecule has 2 saturated heterocycles. The normalized spacial score (nSPS) is 22.0. The minimum absolute atomic E-state index is 0. The molecular weight excluding hydrogens is 343 g/mol. The van der Waals surface area contributed by atoms with Crippen molar-refractivity contribution < 1.29 is 4.79 Å². The van der Waals surface area contributed by atoms with E-state index in [0.29, 0.717) is 16.6 Å². The van der Waals surface area contributed by atoms with E-state index in [1.54, 1.807) is 0 Å². The predicted octanol–water partition coefficient (Wildman–Crippen LogP) is 4.63. The second kappa shape index (κ2) is 9.65. The highest BCUT2D eigenvalue weighted by atomic mass is 35.5. The monoisotopic (exact) mass is 370 g/mol. The third-order valence-electron chi connectivity index (χ3n) is 5.22. The summed E-state index contributed by atoms with van der Waals surface area (Å²) in [6.45, 7) is 4.45. The number of amides is 1. The lowest BCUT2D eigenvalue weighted by Gasteiger charge is -2.37. The molecule has 0 spiro atoms. The number of benzene rings is 1. The van der Waals surface area contributed by atoms with Crippen LogP contribution in [-0.2, 0) is 0 Å². The molecule has 1 amide bonds. The zero-order valence-corrected chi connectivity index (χ0v) is 15.8. The van der Waals surface area contributed by atoms with Crippen LogP contribution in [0.2, 0.25) is 5.02 Å². The lowest BCUT2D eigenvalue weighted by molar-refractivity contribution is 0.0579. The van der Waals surface area contributed by atoms with Crippen LogP contribution in [0.25, 0.3) is 0 Å². The Kier molecular flexibility index (Phi) is 7.86. The highest BCUT2D eigenvalue weighted by Gasteiger charge is 2.28. The first-order valence-electron chi connectivity index (χ1n) is 9.03. The number of piperidine rings is 2. The number of hydrogen-bond donors (Lipinski definition) is 0. The molecule has 1 aromatic rings. The summed E-state index contributed by atoms with van der Waals surface area (Å²) in [5.41, 5.74) is 0.652. The van der Waals surface area contributed by atoms with Gasteiger partial charge in [0, 0.05) is 19.1 Å². The Labute approximate surface area is 156 Å². The second-order valence-electron chi connectivity index (χ2n) is 6.82. The van der Waals surface area contributed by atoms with Gasteiger partial charge in [0.1, 0.15) is 0 Å². The summed E-state index contributed by atoms with van der Waals surface area (Å²) < 4.78 is 0. The van der Waals surface area contributed by atoms with Crippen molar-refractivity contribution in [2.45, 2.75) is 51.0 Å². The van der Waals surface area contributed by atoms with Crippen molar-refractivity contribution >= 4 is 29.9 Å². The molecule has 0 aromatic heterocycles. The van der Waals surface area contributed by atoms with Gasteiger partial charge in [-0.15, -0.1) is 12.4 Å². The minimum atomic E-state index is 0. The average molecular weight is 371 g/mol. The van der Waals surface area contributed by atoms with Crippen molar-refractivity contribution in [2.24, 2.45) is 0 Å². The smallest absolute Gasteiger partial charge is 0.255 e. The van der Waals surface area contributed by atoms with Crippen molar-refractivity contribution in [1.82, 2.24) is 9.80 Å². The number of rotatable bonds is 4. The van der Waals surface area contributed by atoms with Gasteiger partial charge in [0.15, 0.2) is 0 Å². The SMILES string of the molecule is Cl.O=C(c1ccccc1Cl)N1CCCCC1CCN1CCCCC1. The molecule has 1 unspecified atom stereocenters. The molecule has 2 heterocycles. The van der Waals surface area contributed by atoms with Crippen molar-refractivity contribution in [3.05, 3.63) is 34.9 Å². The van der Waals surface area contributed by atoms with Gasteiger partial charge in [0.05, 0.1) is 10.6 Å². The molecule has 3 rings (SSSR count). The van der Waals surface area contributed by atoms with Gasteiger partial charge in [-0.25, -0.2) is 0 Å². The Balaban J connectivity index is 0.00000208. The lowest BCUT2D eigenvalue weighted by Crippen LogP contribution is -2.45. The van der Waals surface area contributed by atoms with Crippen molar-refractivity contribution in [3.63, 3.8) is 0 Å². The van der Waals surface area contributed by atoms with Gasteiger partial charge in [0.2, 0.25) is 0 Å². The van der Waals surface area contributed by atoms with Gasteiger partial charge < -0.3 is 9.80 Å². The van der Waals surface area contributed by atoms with Crippen LogP contribution in [-0.4, -0.2) is 47.9 Å². The summed E-state index contributed by atoms with van der Waals surface area (Å²) in [5, 5.41) is 0.567. The van der Waals surface area contributed by atoms with E-state index < -0.39 is 0 Å². The highest BCUT2D eigenvalue weighted by Crippen LogP contribution is 2.25. The topological polar surface area (TPSA) is 23.6 Å². The largest absolute Gasteiger partial charge is 0.336 e. The number of carbonyl (C=O) groups is 1. The molecule has 3 nitrogen and oxygen atoms in total. The molecule has 2 fully saturated rings. The number of carbonyl (C=O) groups excluding carboxylic acids is 1. The van der Waals surface area contributed by atoms with Gasteiger partial charge in [0.25, 0.3) is 5.91 Å². The molecular formula is C19H28Cl2N2O. The van der Waals surface area contributed by atoms with E-state index in [1.165, 1.54) is 38.8 Å². The molecule has 0 radical (unpaired) electrons. The van der Waals surface area contributed by atoms with Crippen molar-refractivity contribution in [1.29, 1.82) is 0 Å². The van der Waals surface area contributed by atoms with Gasteiger partial charge in [-0.2, -0.15) is 0 Å². The zero-order valence-electron chi connectivity index (χ0n) is 14.3. The van der Waals surface area contributed by atoms with Gasteiger partial charge >= 0.3 is 0 Å². The van der Waals surface area contributed by atoms with Crippen LogP contribution in [0, 0.1) is 0 Å². The van der Waals surface area contributed by atoms with E-state index in [4.69, 9.17) is 11.6 Å². The van der Waals surface area contributed by atoms with E-state index in [0.717, 1.165) is 32.4 Å². The Morgan fingerprint density at radius 1 is 1.04 bits per heavy atom. The summed E-state index contributed by atoms with van der Waals surface area (Å²) >= 11 is 6.23. The zero-order chi connectivity index (χ0) is 16.1. The molecule has 2 aliphatic rings. The van der Waals surface area contributed by atoms with Crippen LogP contribution >= 0.6 is 24.0 Å². The molecule has 1 aromatic carbocycles. The molecule has 134 valence electrons. The van der Waals surface area contributed by atoms with Gasteiger partial charge in [-0.05, 0) is 63.7 Å². The summed E-state index contributed by atoms with van der Waals surface area (Å²) in [7, 11) is 0. The first-order valence-corrected chi connectivity index (χ1v) is 9.41. The van der Waals surface area contributed by atoms with Crippen LogP contribution in [0.1, 0.15) is 55.3 Å².